The Kier molecular flexibility index (Phi) is 5.30. The minimum Gasteiger partial charge on any atom is -0.496 e. The molecule has 0 radical (unpaired) electrons. The molecule has 1 heterocycles. The van der Waals surface area contributed by atoms with E-state index >= 15 is 0 Å². The van der Waals surface area contributed by atoms with Gasteiger partial charge in [-0.1, -0.05) is 18.1 Å². The predicted molar refractivity (Wildman–Crippen MR) is 79.1 cm³/mol. The normalized spacial score (nSPS) is 12.4. The molecule has 2 aromatic rings. The van der Waals surface area contributed by atoms with Crippen LogP contribution in [0.5, 0.6) is 5.75 Å². The molecule has 1 unspecified atom stereocenters. The number of methoxy groups -OCH3 is 1. The number of aryl methyl sites for hydroxylation is 1. The molecule has 2 rings (SSSR count). The molecule has 0 spiro atoms. The molecule has 1 aromatic carbocycles. The molecular formula is C15H21N3O3. The van der Waals surface area contributed by atoms with E-state index in [0.717, 1.165) is 23.3 Å². The molecule has 0 aliphatic carbocycles. The van der Waals surface area contributed by atoms with Crippen LogP contribution in [0.25, 0.3) is 11.5 Å². The Balaban J connectivity index is 2.12. The van der Waals surface area contributed by atoms with Crippen LogP contribution in [-0.2, 0) is 4.74 Å². The van der Waals surface area contributed by atoms with Gasteiger partial charge in [0.15, 0.2) is 5.82 Å². The van der Waals surface area contributed by atoms with E-state index in [9.17, 15) is 0 Å². The molecule has 6 heteroatoms. The molecular weight excluding hydrogens is 270 g/mol. The van der Waals surface area contributed by atoms with E-state index in [1.54, 1.807) is 7.11 Å². The van der Waals surface area contributed by atoms with Gasteiger partial charge >= 0.3 is 0 Å². The number of ether oxygens (including phenoxy) is 2. The summed E-state index contributed by atoms with van der Waals surface area (Å²) in [6.45, 7) is 5.07. The molecule has 0 aliphatic rings. The second-order valence-electron chi connectivity index (χ2n) is 4.82. The third kappa shape index (κ3) is 3.80. The summed E-state index contributed by atoms with van der Waals surface area (Å²) in [6.07, 6.45) is 0.952. The summed E-state index contributed by atoms with van der Waals surface area (Å²) in [5, 5.41) is 3.92. The van der Waals surface area contributed by atoms with Crippen molar-refractivity contribution in [1.82, 2.24) is 10.1 Å². The molecule has 0 fully saturated rings. The van der Waals surface area contributed by atoms with Gasteiger partial charge in [0.25, 0.3) is 5.89 Å². The van der Waals surface area contributed by atoms with Crippen molar-refractivity contribution in [1.29, 1.82) is 0 Å². The smallest absolute Gasteiger partial charge is 0.258 e. The first-order chi connectivity index (χ1) is 10.2. The van der Waals surface area contributed by atoms with Crippen molar-refractivity contribution in [3.63, 3.8) is 0 Å². The molecule has 2 N–H and O–H groups in total. The van der Waals surface area contributed by atoms with E-state index in [-0.39, 0.29) is 6.04 Å². The number of nitrogens with two attached hydrogens (primary N) is 1. The zero-order valence-corrected chi connectivity index (χ0v) is 12.6. The van der Waals surface area contributed by atoms with Crippen LogP contribution in [0.1, 0.15) is 30.8 Å². The van der Waals surface area contributed by atoms with Crippen molar-refractivity contribution in [2.24, 2.45) is 5.73 Å². The van der Waals surface area contributed by atoms with Gasteiger partial charge in [0, 0.05) is 12.2 Å². The maximum Gasteiger partial charge on any atom is 0.258 e. The lowest BCUT2D eigenvalue weighted by atomic mass is 10.1. The van der Waals surface area contributed by atoms with Crippen molar-refractivity contribution in [2.45, 2.75) is 26.3 Å². The molecule has 1 atom stereocenters. The average molecular weight is 291 g/mol. The SMILES string of the molecule is CCCOCC(N)c1noc(-c2ccc(C)c(OC)c2)n1. The fourth-order valence-corrected chi connectivity index (χ4v) is 1.88. The topological polar surface area (TPSA) is 83.4 Å². The number of hydrogen-bond donors (Lipinski definition) is 1. The van der Waals surface area contributed by atoms with E-state index in [1.807, 2.05) is 32.0 Å². The number of rotatable bonds is 7. The van der Waals surface area contributed by atoms with Crippen LogP contribution in [0, 0.1) is 6.92 Å². The lowest BCUT2D eigenvalue weighted by Crippen LogP contribution is -2.18. The van der Waals surface area contributed by atoms with Gasteiger partial charge in [-0.25, -0.2) is 0 Å². The number of aromatic nitrogens is 2. The summed E-state index contributed by atoms with van der Waals surface area (Å²) in [4.78, 5) is 4.33. The minimum absolute atomic E-state index is 0.379. The first-order valence-corrected chi connectivity index (χ1v) is 6.97. The Labute approximate surface area is 124 Å². The van der Waals surface area contributed by atoms with Crippen LogP contribution in [0.4, 0.5) is 0 Å². The van der Waals surface area contributed by atoms with Crippen LogP contribution in [0.15, 0.2) is 22.7 Å². The van der Waals surface area contributed by atoms with Gasteiger partial charge in [-0.3, -0.25) is 0 Å². The highest BCUT2D eigenvalue weighted by atomic mass is 16.5. The predicted octanol–water partition coefficient (Wildman–Crippen LogP) is 2.48. The zero-order valence-electron chi connectivity index (χ0n) is 12.6. The van der Waals surface area contributed by atoms with Crippen molar-refractivity contribution in [3.8, 4) is 17.2 Å². The fourth-order valence-electron chi connectivity index (χ4n) is 1.88. The van der Waals surface area contributed by atoms with Crippen molar-refractivity contribution in [3.05, 3.63) is 29.6 Å². The molecule has 0 amide bonds. The summed E-state index contributed by atoms with van der Waals surface area (Å²) in [5.41, 5.74) is 7.82. The van der Waals surface area contributed by atoms with Gasteiger partial charge in [-0.05, 0) is 31.0 Å². The largest absolute Gasteiger partial charge is 0.496 e. The van der Waals surface area contributed by atoms with E-state index in [0.29, 0.717) is 24.9 Å². The quantitative estimate of drug-likeness (QED) is 0.789. The van der Waals surface area contributed by atoms with Gasteiger partial charge in [-0.2, -0.15) is 4.98 Å². The van der Waals surface area contributed by atoms with Gasteiger partial charge in [0.05, 0.1) is 19.8 Å². The van der Waals surface area contributed by atoms with Gasteiger partial charge in [0.1, 0.15) is 5.75 Å². The summed E-state index contributed by atoms with van der Waals surface area (Å²) in [7, 11) is 1.63. The summed E-state index contributed by atoms with van der Waals surface area (Å²) in [5.74, 6) is 1.65. The lowest BCUT2D eigenvalue weighted by molar-refractivity contribution is 0.119. The molecule has 0 bridgehead atoms. The van der Waals surface area contributed by atoms with Crippen LogP contribution in [0.3, 0.4) is 0 Å². The zero-order chi connectivity index (χ0) is 15.2. The van der Waals surface area contributed by atoms with Crippen LogP contribution in [-0.4, -0.2) is 30.5 Å². The van der Waals surface area contributed by atoms with Gasteiger partial charge in [-0.15, -0.1) is 0 Å². The Hall–Kier alpha value is -1.92. The van der Waals surface area contributed by atoms with Crippen molar-refractivity contribution >= 4 is 0 Å². The molecule has 6 nitrogen and oxygen atoms in total. The fraction of sp³-hybridized carbons (Fsp3) is 0.467. The van der Waals surface area contributed by atoms with Gasteiger partial charge in [0.2, 0.25) is 0 Å². The summed E-state index contributed by atoms with van der Waals surface area (Å²) >= 11 is 0. The maximum atomic E-state index is 5.97. The van der Waals surface area contributed by atoms with E-state index in [2.05, 4.69) is 10.1 Å². The molecule has 1 aromatic heterocycles. The van der Waals surface area contributed by atoms with Crippen LogP contribution in [0.2, 0.25) is 0 Å². The maximum absolute atomic E-state index is 5.97. The first kappa shape index (κ1) is 15.5. The molecule has 0 saturated heterocycles. The number of benzene rings is 1. The van der Waals surface area contributed by atoms with Crippen molar-refractivity contribution < 1.29 is 14.0 Å². The Morgan fingerprint density at radius 3 is 2.90 bits per heavy atom. The van der Waals surface area contributed by atoms with E-state index in [1.165, 1.54) is 0 Å². The second kappa shape index (κ2) is 7.19. The Bertz CT molecular complexity index is 583. The van der Waals surface area contributed by atoms with Gasteiger partial charge < -0.3 is 19.7 Å². The Morgan fingerprint density at radius 1 is 1.38 bits per heavy atom. The molecule has 21 heavy (non-hydrogen) atoms. The van der Waals surface area contributed by atoms with E-state index < -0.39 is 0 Å². The van der Waals surface area contributed by atoms with Crippen LogP contribution >= 0.6 is 0 Å². The first-order valence-electron chi connectivity index (χ1n) is 6.97. The second-order valence-corrected chi connectivity index (χ2v) is 4.82. The lowest BCUT2D eigenvalue weighted by Gasteiger charge is -2.06. The molecule has 0 aliphatic heterocycles. The highest BCUT2D eigenvalue weighted by molar-refractivity contribution is 5.57. The van der Waals surface area contributed by atoms with Crippen molar-refractivity contribution in [2.75, 3.05) is 20.3 Å². The number of hydrogen-bond acceptors (Lipinski definition) is 6. The summed E-state index contributed by atoms with van der Waals surface area (Å²) < 4.78 is 16.0. The standard InChI is InChI=1S/C15H21N3O3/c1-4-7-20-9-12(16)14-17-15(21-18-14)11-6-5-10(2)13(8-11)19-3/h5-6,8,12H,4,7,9,16H2,1-3H3. The number of nitrogens with zero attached hydrogens (tertiary/aromatic N) is 2. The minimum atomic E-state index is -0.388. The highest BCUT2D eigenvalue weighted by Gasteiger charge is 2.16. The van der Waals surface area contributed by atoms with E-state index in [4.69, 9.17) is 19.7 Å². The average Bonchev–Trinajstić information content (AvgIpc) is 2.98. The monoisotopic (exact) mass is 291 g/mol. The highest BCUT2D eigenvalue weighted by Crippen LogP contribution is 2.26. The Morgan fingerprint density at radius 2 is 2.19 bits per heavy atom. The third-order valence-electron chi connectivity index (χ3n) is 3.07. The third-order valence-corrected chi connectivity index (χ3v) is 3.07. The summed E-state index contributed by atoms with van der Waals surface area (Å²) in [6, 6.07) is 5.34. The van der Waals surface area contributed by atoms with Crippen LogP contribution < -0.4 is 10.5 Å². The molecule has 0 saturated carbocycles. The molecule has 114 valence electrons.